The van der Waals surface area contributed by atoms with Crippen LogP contribution in [0.3, 0.4) is 0 Å². The lowest BCUT2D eigenvalue weighted by Gasteiger charge is -2.14. The zero-order chi connectivity index (χ0) is 23.5. The Labute approximate surface area is 204 Å². The molecule has 4 nitrogen and oxygen atoms in total. The fourth-order valence-corrected chi connectivity index (χ4v) is 4.07. The van der Waals surface area contributed by atoms with E-state index < -0.39 is 0 Å². The summed E-state index contributed by atoms with van der Waals surface area (Å²) in [5, 5.41) is 7.06. The molecule has 0 saturated carbocycles. The highest BCUT2D eigenvalue weighted by Gasteiger charge is 2.13. The van der Waals surface area contributed by atoms with Gasteiger partial charge in [-0.05, 0) is 67.5 Å². The van der Waals surface area contributed by atoms with Crippen molar-refractivity contribution in [3.63, 3.8) is 0 Å². The van der Waals surface area contributed by atoms with Crippen molar-refractivity contribution in [1.82, 2.24) is 9.97 Å². The van der Waals surface area contributed by atoms with E-state index in [9.17, 15) is 0 Å². The number of aryl methyl sites for hydroxylation is 2. The number of benzene rings is 4. The van der Waals surface area contributed by atoms with E-state index >= 15 is 0 Å². The van der Waals surface area contributed by atoms with Crippen LogP contribution in [0.4, 0.5) is 11.4 Å². The average Bonchev–Trinajstić information content (AvgIpc) is 2.86. The van der Waals surface area contributed by atoms with Crippen molar-refractivity contribution in [1.29, 1.82) is 0 Å². The number of nitrogens with zero attached hydrogens (tertiary/aromatic N) is 2. The number of anilines is 2. The molecule has 0 saturated heterocycles. The fourth-order valence-electron chi connectivity index (χ4n) is 3.84. The lowest BCUT2D eigenvalue weighted by Crippen LogP contribution is -2.19. The summed E-state index contributed by atoms with van der Waals surface area (Å²) in [6, 6.07) is 32.5. The molecule has 0 amide bonds. The summed E-state index contributed by atoms with van der Waals surface area (Å²) in [4.78, 5) is 10.0. The molecule has 2 N–H and O–H groups in total. The molecule has 0 fully saturated rings. The third-order valence-electron chi connectivity index (χ3n) is 5.78. The molecule has 1 heterocycles. The summed E-state index contributed by atoms with van der Waals surface area (Å²) < 4.78 is 0. The van der Waals surface area contributed by atoms with E-state index in [2.05, 4.69) is 60.9 Å². The van der Waals surface area contributed by atoms with E-state index in [1.807, 2.05) is 60.7 Å². The molecular weight excluding hydrogens is 436 g/mol. The minimum atomic E-state index is 0.528. The van der Waals surface area contributed by atoms with E-state index in [1.165, 1.54) is 11.1 Å². The van der Waals surface area contributed by atoms with E-state index in [1.54, 1.807) is 0 Å². The van der Waals surface area contributed by atoms with Crippen LogP contribution in [0.15, 0.2) is 97.1 Å². The second-order valence-electron chi connectivity index (χ2n) is 8.23. The predicted molar refractivity (Wildman–Crippen MR) is 146 cm³/mol. The zero-order valence-corrected chi connectivity index (χ0v) is 19.9. The molecule has 0 atom stereocenters. The minimum Gasteiger partial charge on any atom is -0.332 e. The van der Waals surface area contributed by atoms with Crippen LogP contribution in [0, 0.1) is 13.8 Å². The molecule has 5 rings (SSSR count). The highest BCUT2D eigenvalue weighted by molar-refractivity contribution is 7.80. The fraction of sp³-hybridized carbons (Fsp3) is 0.0690. The van der Waals surface area contributed by atoms with Crippen molar-refractivity contribution in [3.05, 3.63) is 108 Å². The average molecular weight is 461 g/mol. The van der Waals surface area contributed by atoms with Crippen LogP contribution in [0.25, 0.3) is 33.5 Å². The first kappa shape index (κ1) is 21.7. The van der Waals surface area contributed by atoms with Gasteiger partial charge in [0.25, 0.3) is 0 Å². The van der Waals surface area contributed by atoms with Gasteiger partial charge in [0.05, 0.1) is 22.4 Å². The number of rotatable bonds is 4. The molecule has 0 spiro atoms. The number of aromatic nitrogens is 2. The molecule has 0 bridgehead atoms. The lowest BCUT2D eigenvalue weighted by molar-refractivity contribution is 1.29. The number of nitrogens with one attached hydrogen (secondary N) is 2. The summed E-state index contributed by atoms with van der Waals surface area (Å²) in [5.41, 5.74) is 9.71. The van der Waals surface area contributed by atoms with Gasteiger partial charge in [-0.25, -0.2) is 9.97 Å². The molecule has 5 heteroatoms. The number of fused-ring (bicyclic) bond motifs is 1. The van der Waals surface area contributed by atoms with Crippen molar-refractivity contribution in [3.8, 4) is 22.5 Å². The smallest absolute Gasteiger partial charge is 0.175 e. The Kier molecular flexibility index (Phi) is 6.02. The lowest BCUT2D eigenvalue weighted by atomic mass is 10.0. The van der Waals surface area contributed by atoms with Crippen LogP contribution < -0.4 is 10.6 Å². The topological polar surface area (TPSA) is 49.8 Å². The molecular formula is C29H24N4S. The Morgan fingerprint density at radius 1 is 0.588 bits per heavy atom. The van der Waals surface area contributed by atoms with E-state index in [-0.39, 0.29) is 0 Å². The van der Waals surface area contributed by atoms with Gasteiger partial charge in [-0.3, -0.25) is 0 Å². The second-order valence-corrected chi connectivity index (χ2v) is 8.64. The van der Waals surface area contributed by atoms with Crippen LogP contribution in [0.5, 0.6) is 0 Å². The Bertz CT molecular complexity index is 1480. The molecule has 0 unspecified atom stereocenters. The van der Waals surface area contributed by atoms with Gasteiger partial charge in [0.1, 0.15) is 0 Å². The predicted octanol–water partition coefficient (Wildman–Crippen LogP) is 7.39. The molecule has 34 heavy (non-hydrogen) atoms. The number of hydrogen-bond acceptors (Lipinski definition) is 3. The maximum Gasteiger partial charge on any atom is 0.175 e. The van der Waals surface area contributed by atoms with Crippen LogP contribution >= 0.6 is 12.2 Å². The van der Waals surface area contributed by atoms with Crippen molar-refractivity contribution in [2.75, 3.05) is 10.6 Å². The van der Waals surface area contributed by atoms with Gasteiger partial charge in [-0.15, -0.1) is 0 Å². The zero-order valence-electron chi connectivity index (χ0n) is 19.0. The maximum atomic E-state index is 5.55. The molecule has 0 aliphatic carbocycles. The minimum absolute atomic E-state index is 0.528. The van der Waals surface area contributed by atoms with Crippen LogP contribution in [0.1, 0.15) is 11.1 Å². The van der Waals surface area contributed by atoms with Gasteiger partial charge >= 0.3 is 0 Å². The molecule has 1 aromatic heterocycles. The van der Waals surface area contributed by atoms with Crippen molar-refractivity contribution in [2.45, 2.75) is 13.8 Å². The number of thiocarbonyl (C=S) groups is 1. The first-order valence-corrected chi connectivity index (χ1v) is 11.6. The van der Waals surface area contributed by atoms with Gasteiger partial charge in [-0.2, -0.15) is 0 Å². The standard InChI is InChI=1S/C29H24N4S/c1-19-13-14-23(17-20(19)2)30-29(34)31-24-15-16-25-26(18-24)33-28(22-11-7-4-8-12-22)27(32-25)21-9-5-3-6-10-21/h3-18H,1-2H3,(H2,30,31,34). The SMILES string of the molecule is Cc1ccc(NC(=S)Nc2ccc3nc(-c4ccccc4)c(-c4ccccc4)nc3c2)cc1C. The van der Waals surface area contributed by atoms with Crippen molar-refractivity contribution >= 4 is 39.7 Å². The summed E-state index contributed by atoms with van der Waals surface area (Å²) in [7, 11) is 0. The Morgan fingerprint density at radius 3 is 1.71 bits per heavy atom. The Balaban J connectivity index is 1.49. The Hall–Kier alpha value is -4.09. The van der Waals surface area contributed by atoms with Crippen molar-refractivity contribution in [2.24, 2.45) is 0 Å². The van der Waals surface area contributed by atoms with Gasteiger partial charge < -0.3 is 10.6 Å². The van der Waals surface area contributed by atoms with Crippen LogP contribution in [-0.2, 0) is 0 Å². The first-order chi connectivity index (χ1) is 16.6. The quantitative estimate of drug-likeness (QED) is 0.274. The third-order valence-corrected chi connectivity index (χ3v) is 5.99. The van der Waals surface area contributed by atoms with E-state index in [0.29, 0.717) is 5.11 Å². The van der Waals surface area contributed by atoms with Gasteiger partial charge in [0.2, 0.25) is 0 Å². The third kappa shape index (κ3) is 4.65. The first-order valence-electron chi connectivity index (χ1n) is 11.1. The molecule has 0 aliphatic heterocycles. The molecule has 5 aromatic rings. The molecule has 0 radical (unpaired) electrons. The maximum absolute atomic E-state index is 5.55. The molecule has 0 aliphatic rings. The number of hydrogen-bond donors (Lipinski definition) is 2. The molecule has 166 valence electrons. The van der Waals surface area contributed by atoms with E-state index in [0.717, 1.165) is 44.9 Å². The van der Waals surface area contributed by atoms with Crippen molar-refractivity contribution < 1.29 is 0 Å². The summed E-state index contributed by atoms with van der Waals surface area (Å²) in [6.45, 7) is 4.19. The highest BCUT2D eigenvalue weighted by atomic mass is 32.1. The molecule has 4 aromatic carbocycles. The van der Waals surface area contributed by atoms with Gasteiger partial charge in [-0.1, -0.05) is 66.7 Å². The summed E-state index contributed by atoms with van der Waals surface area (Å²) in [6.07, 6.45) is 0. The second kappa shape index (κ2) is 9.41. The van der Waals surface area contributed by atoms with Crippen LogP contribution in [0.2, 0.25) is 0 Å². The van der Waals surface area contributed by atoms with Gasteiger partial charge in [0, 0.05) is 22.5 Å². The largest absolute Gasteiger partial charge is 0.332 e. The normalized spacial score (nSPS) is 10.8. The highest BCUT2D eigenvalue weighted by Crippen LogP contribution is 2.31. The summed E-state index contributed by atoms with van der Waals surface area (Å²) >= 11 is 5.55. The van der Waals surface area contributed by atoms with Crippen LogP contribution in [-0.4, -0.2) is 15.1 Å². The van der Waals surface area contributed by atoms with Gasteiger partial charge in [0.15, 0.2) is 5.11 Å². The monoisotopic (exact) mass is 460 g/mol. The Morgan fingerprint density at radius 2 is 1.12 bits per heavy atom. The summed E-state index contributed by atoms with van der Waals surface area (Å²) in [5.74, 6) is 0. The van der Waals surface area contributed by atoms with E-state index in [4.69, 9.17) is 22.2 Å².